The summed E-state index contributed by atoms with van der Waals surface area (Å²) in [5.41, 5.74) is 0. The van der Waals surface area contributed by atoms with Crippen LogP contribution >= 0.6 is 34.8 Å². The Morgan fingerprint density at radius 2 is 2.18 bits per heavy atom. The summed E-state index contributed by atoms with van der Waals surface area (Å²) in [5, 5.41) is 0.617. The van der Waals surface area contributed by atoms with Crippen molar-refractivity contribution in [3.63, 3.8) is 0 Å². The zero-order valence-electron chi connectivity index (χ0n) is 5.48. The number of carbonyl (C=O) groups excluding carboxylic acids is 1. The molecule has 1 rings (SSSR count). The van der Waals surface area contributed by atoms with E-state index < -0.39 is 5.24 Å². The summed E-state index contributed by atoms with van der Waals surface area (Å²) in [5.74, 6) is -0.360. The number of halogens is 3. The van der Waals surface area contributed by atoms with E-state index in [9.17, 15) is 4.79 Å². The van der Waals surface area contributed by atoms with Gasteiger partial charge in [-0.15, -0.1) is 0 Å². The molecule has 11 heavy (non-hydrogen) atoms. The Morgan fingerprint density at radius 3 is 2.64 bits per heavy atom. The molecule has 0 aromatic rings. The van der Waals surface area contributed by atoms with Crippen molar-refractivity contribution in [2.75, 3.05) is 0 Å². The van der Waals surface area contributed by atoms with E-state index in [0.717, 1.165) is 0 Å². The maximum absolute atomic E-state index is 10.7. The molecule has 0 radical (unpaired) electrons. The highest BCUT2D eigenvalue weighted by atomic mass is 35.5. The number of rotatable bonds is 1. The van der Waals surface area contributed by atoms with Crippen molar-refractivity contribution in [1.29, 1.82) is 0 Å². The van der Waals surface area contributed by atoms with Gasteiger partial charge in [0.05, 0.1) is 5.92 Å². The molecule has 0 spiro atoms. The van der Waals surface area contributed by atoms with Gasteiger partial charge in [-0.2, -0.15) is 0 Å². The van der Waals surface area contributed by atoms with E-state index in [1.165, 1.54) is 0 Å². The van der Waals surface area contributed by atoms with Crippen LogP contribution < -0.4 is 0 Å². The normalized spacial score (nSPS) is 24.1. The molecule has 4 heteroatoms. The van der Waals surface area contributed by atoms with Gasteiger partial charge >= 0.3 is 0 Å². The van der Waals surface area contributed by atoms with Gasteiger partial charge in [-0.3, -0.25) is 4.79 Å². The molecule has 0 N–H and O–H groups in total. The van der Waals surface area contributed by atoms with Crippen LogP contribution in [0.4, 0.5) is 0 Å². The zero-order chi connectivity index (χ0) is 8.43. The standard InChI is InChI=1S/C7H5Cl3O/c8-5-1-4(7(10)11)2-6(9)3-5/h1,3-4H,2H2. The van der Waals surface area contributed by atoms with Gasteiger partial charge in [0.2, 0.25) is 5.24 Å². The van der Waals surface area contributed by atoms with Crippen molar-refractivity contribution in [3.05, 3.63) is 22.2 Å². The molecule has 1 aliphatic rings. The highest BCUT2D eigenvalue weighted by molar-refractivity contribution is 6.64. The number of carbonyl (C=O) groups is 1. The molecule has 1 aliphatic carbocycles. The van der Waals surface area contributed by atoms with Crippen LogP contribution in [0.2, 0.25) is 0 Å². The molecule has 60 valence electrons. The topological polar surface area (TPSA) is 17.1 Å². The smallest absolute Gasteiger partial charge is 0.228 e. The summed E-state index contributed by atoms with van der Waals surface area (Å²) >= 11 is 16.6. The van der Waals surface area contributed by atoms with Gasteiger partial charge in [0.25, 0.3) is 0 Å². The third kappa shape index (κ3) is 2.51. The van der Waals surface area contributed by atoms with Gasteiger partial charge < -0.3 is 0 Å². The molecule has 0 heterocycles. The van der Waals surface area contributed by atoms with Crippen LogP contribution in [0.5, 0.6) is 0 Å². The van der Waals surface area contributed by atoms with E-state index in [4.69, 9.17) is 34.8 Å². The van der Waals surface area contributed by atoms with E-state index in [1.807, 2.05) is 0 Å². The van der Waals surface area contributed by atoms with Gasteiger partial charge in [-0.05, 0) is 24.1 Å². The van der Waals surface area contributed by atoms with Crippen molar-refractivity contribution in [2.24, 2.45) is 5.92 Å². The van der Waals surface area contributed by atoms with Crippen LogP contribution in [0.15, 0.2) is 22.2 Å². The first-order valence-electron chi connectivity index (χ1n) is 3.02. The molecular formula is C7H5Cl3O. The Bertz CT molecular complexity index is 242. The molecule has 0 aliphatic heterocycles. The van der Waals surface area contributed by atoms with Gasteiger partial charge in [0.15, 0.2) is 0 Å². The first kappa shape index (κ1) is 9.11. The van der Waals surface area contributed by atoms with Crippen molar-refractivity contribution in [1.82, 2.24) is 0 Å². The number of allylic oxidation sites excluding steroid dienone is 4. The zero-order valence-corrected chi connectivity index (χ0v) is 7.75. The summed E-state index contributed by atoms with van der Waals surface area (Å²) in [6.07, 6.45) is 3.67. The lowest BCUT2D eigenvalue weighted by Crippen LogP contribution is -2.08. The maximum atomic E-state index is 10.7. The highest BCUT2D eigenvalue weighted by Gasteiger charge is 2.18. The second-order valence-corrected chi connectivity index (χ2v) is 3.55. The average Bonchev–Trinajstić information content (AvgIpc) is 1.85. The van der Waals surface area contributed by atoms with Gasteiger partial charge in [-0.25, -0.2) is 0 Å². The highest BCUT2D eigenvalue weighted by Crippen LogP contribution is 2.28. The molecule has 0 bridgehead atoms. The molecule has 1 unspecified atom stereocenters. The van der Waals surface area contributed by atoms with Gasteiger partial charge in [0.1, 0.15) is 0 Å². The lowest BCUT2D eigenvalue weighted by Gasteiger charge is -2.11. The summed E-state index contributed by atoms with van der Waals surface area (Å²) in [7, 11) is 0. The van der Waals surface area contributed by atoms with Crippen LogP contribution in [0.3, 0.4) is 0 Å². The summed E-state index contributed by atoms with van der Waals surface area (Å²) in [6, 6.07) is 0. The minimum atomic E-state index is -0.422. The fraction of sp³-hybridized carbons (Fsp3) is 0.286. The fourth-order valence-electron chi connectivity index (χ4n) is 0.864. The van der Waals surface area contributed by atoms with Crippen molar-refractivity contribution in [3.8, 4) is 0 Å². The fourth-order valence-corrected chi connectivity index (χ4v) is 1.63. The predicted octanol–water partition coefficient (Wildman–Crippen LogP) is 3.02. The second kappa shape index (κ2) is 3.61. The molecule has 1 atom stereocenters. The molecule has 0 amide bonds. The first-order valence-corrected chi connectivity index (χ1v) is 4.15. The molecule has 0 saturated carbocycles. The van der Waals surface area contributed by atoms with Gasteiger partial charge in [-0.1, -0.05) is 29.3 Å². The van der Waals surface area contributed by atoms with E-state index in [1.54, 1.807) is 12.2 Å². The van der Waals surface area contributed by atoms with Gasteiger partial charge in [0, 0.05) is 10.1 Å². The Labute approximate surface area is 79.6 Å². The minimum absolute atomic E-state index is 0.360. The Kier molecular flexibility index (Phi) is 2.99. The SMILES string of the molecule is O=C(Cl)C1C=C(Cl)C=C(Cl)C1. The van der Waals surface area contributed by atoms with Crippen LogP contribution in [0.25, 0.3) is 0 Å². The molecular weight excluding hydrogens is 206 g/mol. The molecule has 0 aromatic carbocycles. The molecule has 1 nitrogen and oxygen atoms in total. The Morgan fingerprint density at radius 1 is 1.55 bits per heavy atom. The summed E-state index contributed by atoms with van der Waals surface area (Å²) < 4.78 is 0. The van der Waals surface area contributed by atoms with Crippen LogP contribution in [0, 0.1) is 5.92 Å². The average molecular weight is 211 g/mol. The minimum Gasteiger partial charge on any atom is -0.281 e. The second-order valence-electron chi connectivity index (χ2n) is 2.26. The summed E-state index contributed by atoms with van der Waals surface area (Å²) in [6.45, 7) is 0. The monoisotopic (exact) mass is 210 g/mol. The lowest BCUT2D eigenvalue weighted by atomic mass is 10.0. The van der Waals surface area contributed by atoms with E-state index >= 15 is 0 Å². The quantitative estimate of drug-likeness (QED) is 0.609. The third-order valence-corrected chi connectivity index (χ3v) is 2.14. The largest absolute Gasteiger partial charge is 0.281 e. The summed E-state index contributed by atoms with van der Waals surface area (Å²) in [4.78, 5) is 10.7. The van der Waals surface area contributed by atoms with Crippen LogP contribution in [-0.2, 0) is 4.79 Å². The van der Waals surface area contributed by atoms with Crippen molar-refractivity contribution < 1.29 is 4.79 Å². The van der Waals surface area contributed by atoms with Crippen LogP contribution in [0.1, 0.15) is 6.42 Å². The Balaban J connectivity index is 2.79. The van der Waals surface area contributed by atoms with E-state index in [-0.39, 0.29) is 5.92 Å². The first-order chi connectivity index (χ1) is 5.09. The van der Waals surface area contributed by atoms with E-state index in [0.29, 0.717) is 16.5 Å². The molecule has 0 saturated heterocycles. The van der Waals surface area contributed by atoms with Crippen molar-refractivity contribution in [2.45, 2.75) is 6.42 Å². The molecule has 0 fully saturated rings. The predicted molar refractivity (Wildman–Crippen MR) is 46.8 cm³/mol. The maximum Gasteiger partial charge on any atom is 0.228 e. The molecule has 0 aromatic heterocycles. The lowest BCUT2D eigenvalue weighted by molar-refractivity contribution is -0.113. The third-order valence-electron chi connectivity index (χ3n) is 1.36. The number of hydrogen-bond donors (Lipinski definition) is 0. The number of hydrogen-bond acceptors (Lipinski definition) is 1. The van der Waals surface area contributed by atoms with E-state index in [2.05, 4.69) is 0 Å². The Hall–Kier alpha value is 0.0200. The van der Waals surface area contributed by atoms with Crippen molar-refractivity contribution >= 4 is 40.0 Å². The van der Waals surface area contributed by atoms with Crippen LogP contribution in [-0.4, -0.2) is 5.24 Å².